The van der Waals surface area contributed by atoms with Crippen LogP contribution in [0.25, 0.3) is 0 Å². The van der Waals surface area contributed by atoms with Gasteiger partial charge in [0.1, 0.15) is 0 Å². The number of anilines is 2. The Bertz CT molecular complexity index is 1200. The molecule has 4 rings (SSSR count). The zero-order valence-electron chi connectivity index (χ0n) is 20.1. The quantitative estimate of drug-likeness (QED) is 0.511. The first kappa shape index (κ1) is 24.1. The molecule has 1 heterocycles. The van der Waals surface area contributed by atoms with Gasteiger partial charge in [0.2, 0.25) is 0 Å². The second kappa shape index (κ2) is 11.0. The number of nitrogens with zero attached hydrogens (tertiary/aromatic N) is 2. The molecule has 0 unspecified atom stereocenters. The number of carbonyl (C=O) groups excluding carboxylic acids is 3. The fourth-order valence-electron chi connectivity index (χ4n) is 4.44. The Labute approximate surface area is 205 Å². The number of benzene rings is 2. The lowest BCUT2D eigenvalue weighted by molar-refractivity contribution is 0.0696. The van der Waals surface area contributed by atoms with E-state index >= 15 is 0 Å². The molecule has 1 aliphatic carbocycles. The van der Waals surface area contributed by atoms with Crippen LogP contribution in [0, 0.1) is 6.92 Å². The molecule has 0 saturated heterocycles. The van der Waals surface area contributed by atoms with Crippen LogP contribution in [-0.4, -0.2) is 40.7 Å². The summed E-state index contributed by atoms with van der Waals surface area (Å²) in [6, 6.07) is 15.7. The highest BCUT2D eigenvalue weighted by molar-refractivity contribution is 6.13. The Kier molecular flexibility index (Phi) is 7.55. The lowest BCUT2D eigenvalue weighted by Crippen LogP contribution is -2.38. The van der Waals surface area contributed by atoms with Crippen molar-refractivity contribution >= 4 is 29.1 Å². The van der Waals surface area contributed by atoms with Crippen LogP contribution in [-0.2, 0) is 0 Å². The molecule has 0 radical (unpaired) electrons. The van der Waals surface area contributed by atoms with Crippen LogP contribution in [0.4, 0.5) is 11.4 Å². The summed E-state index contributed by atoms with van der Waals surface area (Å²) in [7, 11) is 1.87. The molecule has 1 saturated carbocycles. The normalized spacial score (nSPS) is 13.7. The molecule has 7 nitrogen and oxygen atoms in total. The number of aromatic nitrogens is 1. The molecule has 0 aliphatic heterocycles. The fraction of sp³-hybridized carbons (Fsp3) is 0.286. The van der Waals surface area contributed by atoms with Crippen LogP contribution in [0.1, 0.15) is 68.7 Å². The number of rotatable bonds is 6. The molecule has 35 heavy (non-hydrogen) atoms. The van der Waals surface area contributed by atoms with Crippen molar-refractivity contribution in [2.24, 2.45) is 0 Å². The molecular weight excluding hydrogens is 440 g/mol. The number of amides is 3. The average Bonchev–Trinajstić information content (AvgIpc) is 2.90. The van der Waals surface area contributed by atoms with Crippen molar-refractivity contribution in [1.82, 2.24) is 9.88 Å². The lowest BCUT2D eigenvalue weighted by atomic mass is 9.94. The maximum Gasteiger partial charge on any atom is 0.257 e. The standard InChI is InChI=1S/C28H30N4O3/c1-19-7-6-10-24(25(19)31-26(33)20-15-17-29-18-16-20)27(34)30-22-13-11-21(12-14-22)28(35)32(2)23-8-4-3-5-9-23/h6-7,10-18,23H,3-5,8-9H2,1-2H3,(H,30,34)(H,31,33). The first-order valence-electron chi connectivity index (χ1n) is 11.9. The van der Waals surface area contributed by atoms with Crippen molar-refractivity contribution in [2.75, 3.05) is 17.7 Å². The molecular formula is C28H30N4O3. The number of hydrogen-bond acceptors (Lipinski definition) is 4. The molecule has 0 bridgehead atoms. The Morgan fingerprint density at radius 1 is 0.829 bits per heavy atom. The highest BCUT2D eigenvalue weighted by Gasteiger charge is 2.23. The second-order valence-corrected chi connectivity index (χ2v) is 8.93. The number of carbonyl (C=O) groups is 3. The van der Waals surface area contributed by atoms with E-state index in [2.05, 4.69) is 15.6 Å². The number of para-hydroxylation sites is 1. The maximum absolute atomic E-state index is 13.1. The molecule has 3 aromatic rings. The van der Waals surface area contributed by atoms with Crippen molar-refractivity contribution in [1.29, 1.82) is 0 Å². The van der Waals surface area contributed by atoms with Crippen LogP contribution in [0.5, 0.6) is 0 Å². The van der Waals surface area contributed by atoms with Gasteiger partial charge in [-0.1, -0.05) is 31.4 Å². The largest absolute Gasteiger partial charge is 0.339 e. The minimum atomic E-state index is -0.350. The van der Waals surface area contributed by atoms with Gasteiger partial charge < -0.3 is 15.5 Å². The van der Waals surface area contributed by atoms with Gasteiger partial charge in [-0.2, -0.15) is 0 Å². The van der Waals surface area contributed by atoms with E-state index in [-0.39, 0.29) is 23.8 Å². The van der Waals surface area contributed by atoms with Gasteiger partial charge in [0.05, 0.1) is 11.3 Å². The average molecular weight is 471 g/mol. The maximum atomic E-state index is 13.1. The summed E-state index contributed by atoms with van der Waals surface area (Å²) in [6.07, 6.45) is 8.75. The van der Waals surface area contributed by atoms with Crippen LogP contribution in [0.3, 0.4) is 0 Å². The van der Waals surface area contributed by atoms with Gasteiger partial charge in [0.15, 0.2) is 0 Å². The van der Waals surface area contributed by atoms with Crippen LogP contribution in [0.15, 0.2) is 67.0 Å². The van der Waals surface area contributed by atoms with Crippen molar-refractivity contribution in [2.45, 2.75) is 45.1 Å². The summed E-state index contributed by atoms with van der Waals surface area (Å²) < 4.78 is 0. The Balaban J connectivity index is 1.46. The minimum absolute atomic E-state index is 0.00503. The van der Waals surface area contributed by atoms with Gasteiger partial charge in [-0.3, -0.25) is 19.4 Å². The van der Waals surface area contributed by atoms with Crippen molar-refractivity contribution in [3.63, 3.8) is 0 Å². The topological polar surface area (TPSA) is 91.4 Å². The van der Waals surface area contributed by atoms with Gasteiger partial charge in [0.25, 0.3) is 17.7 Å². The van der Waals surface area contributed by atoms with Crippen molar-refractivity contribution in [3.05, 3.63) is 89.2 Å². The van der Waals surface area contributed by atoms with Crippen LogP contribution < -0.4 is 10.6 Å². The predicted octanol–water partition coefficient (Wildman–Crippen LogP) is 5.30. The van der Waals surface area contributed by atoms with Crippen LogP contribution in [0.2, 0.25) is 0 Å². The summed E-state index contributed by atoms with van der Waals surface area (Å²) in [5.41, 5.74) is 3.19. The first-order valence-corrected chi connectivity index (χ1v) is 11.9. The van der Waals surface area contributed by atoms with Gasteiger partial charge in [-0.15, -0.1) is 0 Å². The Hall–Kier alpha value is -4.00. The molecule has 2 aromatic carbocycles. The molecule has 1 aromatic heterocycles. The number of pyridine rings is 1. The van der Waals surface area contributed by atoms with E-state index in [1.165, 1.54) is 6.42 Å². The monoisotopic (exact) mass is 470 g/mol. The third-order valence-electron chi connectivity index (χ3n) is 6.53. The molecule has 2 N–H and O–H groups in total. The van der Waals surface area contributed by atoms with Gasteiger partial charge in [0, 0.05) is 42.3 Å². The van der Waals surface area contributed by atoms with E-state index in [0.29, 0.717) is 28.1 Å². The molecule has 3 amide bonds. The highest BCUT2D eigenvalue weighted by Crippen LogP contribution is 2.25. The highest BCUT2D eigenvalue weighted by atomic mass is 16.2. The molecule has 0 atom stereocenters. The summed E-state index contributed by atoms with van der Waals surface area (Å²) in [5, 5.41) is 5.72. The second-order valence-electron chi connectivity index (χ2n) is 8.93. The summed E-state index contributed by atoms with van der Waals surface area (Å²) in [5.74, 6) is -0.674. The van der Waals surface area contributed by atoms with Crippen LogP contribution >= 0.6 is 0 Å². The summed E-state index contributed by atoms with van der Waals surface area (Å²) >= 11 is 0. The Morgan fingerprint density at radius 3 is 2.20 bits per heavy atom. The van der Waals surface area contributed by atoms with Gasteiger partial charge in [-0.25, -0.2) is 0 Å². The molecule has 0 spiro atoms. The number of hydrogen-bond donors (Lipinski definition) is 2. The fourth-order valence-corrected chi connectivity index (χ4v) is 4.44. The molecule has 1 fully saturated rings. The van der Waals surface area contributed by atoms with Gasteiger partial charge in [-0.05, 0) is 67.8 Å². The lowest BCUT2D eigenvalue weighted by Gasteiger charge is -2.31. The molecule has 180 valence electrons. The van der Waals surface area contributed by atoms with Crippen molar-refractivity contribution < 1.29 is 14.4 Å². The minimum Gasteiger partial charge on any atom is -0.339 e. The van der Waals surface area contributed by atoms with E-state index in [0.717, 1.165) is 31.2 Å². The first-order chi connectivity index (χ1) is 16.9. The number of aryl methyl sites for hydroxylation is 1. The van der Waals surface area contributed by atoms with E-state index in [9.17, 15) is 14.4 Å². The summed E-state index contributed by atoms with van der Waals surface area (Å²) in [6.45, 7) is 1.84. The number of nitrogens with one attached hydrogen (secondary N) is 2. The third kappa shape index (κ3) is 5.74. The Morgan fingerprint density at radius 2 is 1.51 bits per heavy atom. The van der Waals surface area contributed by atoms with Crippen molar-refractivity contribution in [3.8, 4) is 0 Å². The van der Waals surface area contributed by atoms with E-state index in [4.69, 9.17) is 0 Å². The SMILES string of the molecule is Cc1cccc(C(=O)Nc2ccc(C(=O)N(C)C3CCCCC3)cc2)c1NC(=O)c1ccncc1. The van der Waals surface area contributed by atoms with E-state index in [1.54, 1.807) is 60.9 Å². The van der Waals surface area contributed by atoms with Gasteiger partial charge >= 0.3 is 0 Å². The zero-order valence-corrected chi connectivity index (χ0v) is 20.1. The molecule has 7 heteroatoms. The molecule has 1 aliphatic rings. The predicted molar refractivity (Wildman–Crippen MR) is 137 cm³/mol. The smallest absolute Gasteiger partial charge is 0.257 e. The summed E-state index contributed by atoms with van der Waals surface area (Å²) in [4.78, 5) is 44.4. The van der Waals surface area contributed by atoms with E-state index < -0.39 is 0 Å². The third-order valence-corrected chi connectivity index (χ3v) is 6.53. The van der Waals surface area contributed by atoms with E-state index in [1.807, 2.05) is 24.9 Å². The zero-order chi connectivity index (χ0) is 24.8.